The number of nitrogens with zero attached hydrogens (tertiary/aromatic N) is 2. The fourth-order valence-electron chi connectivity index (χ4n) is 4.47. The Balaban J connectivity index is 1.42. The van der Waals surface area contributed by atoms with Crippen molar-refractivity contribution in [3.63, 3.8) is 0 Å². The lowest BCUT2D eigenvalue weighted by Gasteiger charge is -2.37. The van der Waals surface area contributed by atoms with Gasteiger partial charge in [0.15, 0.2) is 0 Å². The summed E-state index contributed by atoms with van der Waals surface area (Å²) < 4.78 is 14.2. The Bertz CT molecular complexity index is 619. The van der Waals surface area contributed by atoms with Crippen LogP contribution in [0.2, 0.25) is 0 Å². The van der Waals surface area contributed by atoms with E-state index in [0.29, 0.717) is 24.7 Å². The Morgan fingerprint density at radius 2 is 1.92 bits per heavy atom. The number of rotatable bonds is 3. The van der Waals surface area contributed by atoms with Crippen LogP contribution in [0.25, 0.3) is 0 Å². The van der Waals surface area contributed by atoms with Crippen LogP contribution in [-0.2, 0) is 4.79 Å². The second-order valence-corrected chi connectivity index (χ2v) is 7.52. The largest absolute Gasteiger partial charge is 0.341 e. The second kappa shape index (κ2) is 7.40. The molecule has 0 saturated carbocycles. The summed E-state index contributed by atoms with van der Waals surface area (Å²) in [6.07, 6.45) is 4.58. The summed E-state index contributed by atoms with van der Waals surface area (Å²) in [4.78, 5) is 17.0. The molecule has 0 spiro atoms. The summed E-state index contributed by atoms with van der Waals surface area (Å²) >= 11 is 0. The molecule has 0 radical (unpaired) electrons. The van der Waals surface area contributed by atoms with Crippen LogP contribution in [0, 0.1) is 11.7 Å². The predicted molar refractivity (Wildman–Crippen MR) is 94.2 cm³/mol. The van der Waals surface area contributed by atoms with Crippen LogP contribution in [0.3, 0.4) is 0 Å². The van der Waals surface area contributed by atoms with Crippen molar-refractivity contribution in [3.05, 3.63) is 35.6 Å². The van der Waals surface area contributed by atoms with Gasteiger partial charge < -0.3 is 4.90 Å². The number of hydrazine groups is 1. The number of likely N-dealkylation sites (tertiary alicyclic amines) is 2. The van der Waals surface area contributed by atoms with Crippen molar-refractivity contribution in [2.24, 2.45) is 5.92 Å². The number of fused-ring (bicyclic) bond motifs is 1. The van der Waals surface area contributed by atoms with E-state index in [2.05, 4.69) is 15.8 Å². The maximum atomic E-state index is 14.2. The highest BCUT2D eigenvalue weighted by Gasteiger charge is 2.42. The standard InChI is InChI=1S/C19H27FN4O/c20-16-7-3-2-6-14(16)19-15-12-24(11-8-17(15)21-22-19)18(25)13-23-9-4-1-5-10-23/h2-3,6-7,15,17,19,21-22H,1,4-5,8-13H2. The number of amides is 1. The van der Waals surface area contributed by atoms with Gasteiger partial charge in [-0.2, -0.15) is 0 Å². The first-order valence-corrected chi connectivity index (χ1v) is 9.48. The normalized spacial score (nSPS) is 30.3. The zero-order valence-corrected chi connectivity index (χ0v) is 14.6. The summed E-state index contributed by atoms with van der Waals surface area (Å²) in [5.74, 6) is 0.245. The Hall–Kier alpha value is -1.50. The van der Waals surface area contributed by atoms with Crippen LogP contribution in [0.15, 0.2) is 24.3 Å². The molecule has 3 heterocycles. The van der Waals surface area contributed by atoms with E-state index in [4.69, 9.17) is 0 Å². The summed E-state index contributed by atoms with van der Waals surface area (Å²) in [7, 11) is 0. The second-order valence-electron chi connectivity index (χ2n) is 7.52. The number of piperidine rings is 2. The molecule has 3 atom stereocenters. The zero-order valence-electron chi connectivity index (χ0n) is 14.6. The average Bonchev–Trinajstić information content (AvgIpc) is 3.06. The topological polar surface area (TPSA) is 47.6 Å². The number of nitrogens with one attached hydrogen (secondary N) is 2. The van der Waals surface area contributed by atoms with Gasteiger partial charge in [-0.3, -0.25) is 15.1 Å². The molecule has 3 aliphatic heterocycles. The lowest BCUT2D eigenvalue weighted by molar-refractivity contribution is -0.134. The van der Waals surface area contributed by atoms with Gasteiger partial charge in [0.1, 0.15) is 5.82 Å². The quantitative estimate of drug-likeness (QED) is 0.874. The molecule has 6 heteroatoms. The van der Waals surface area contributed by atoms with Gasteiger partial charge in [0, 0.05) is 30.6 Å². The molecule has 136 valence electrons. The average molecular weight is 346 g/mol. The van der Waals surface area contributed by atoms with E-state index in [0.717, 1.165) is 26.1 Å². The number of halogens is 1. The number of benzene rings is 1. The van der Waals surface area contributed by atoms with Crippen LogP contribution < -0.4 is 10.9 Å². The molecule has 1 aromatic rings. The van der Waals surface area contributed by atoms with Crippen LogP contribution in [-0.4, -0.2) is 54.5 Å². The molecule has 1 amide bonds. The smallest absolute Gasteiger partial charge is 0.236 e. The highest BCUT2D eigenvalue weighted by Crippen LogP contribution is 2.34. The van der Waals surface area contributed by atoms with Crippen molar-refractivity contribution < 1.29 is 9.18 Å². The molecular weight excluding hydrogens is 319 g/mol. The van der Waals surface area contributed by atoms with Gasteiger partial charge in [-0.15, -0.1) is 0 Å². The van der Waals surface area contributed by atoms with Crippen LogP contribution in [0.5, 0.6) is 0 Å². The van der Waals surface area contributed by atoms with Crippen LogP contribution in [0.1, 0.15) is 37.3 Å². The van der Waals surface area contributed by atoms with E-state index in [1.165, 1.54) is 25.3 Å². The highest BCUT2D eigenvalue weighted by atomic mass is 19.1. The van der Waals surface area contributed by atoms with Gasteiger partial charge in [0.25, 0.3) is 0 Å². The molecule has 3 saturated heterocycles. The third-order valence-corrected chi connectivity index (χ3v) is 5.91. The molecule has 5 nitrogen and oxygen atoms in total. The zero-order chi connectivity index (χ0) is 17.2. The van der Waals surface area contributed by atoms with E-state index >= 15 is 0 Å². The molecule has 4 rings (SSSR count). The van der Waals surface area contributed by atoms with E-state index in [9.17, 15) is 9.18 Å². The first kappa shape index (κ1) is 16.9. The lowest BCUT2D eigenvalue weighted by atomic mass is 9.85. The summed E-state index contributed by atoms with van der Waals surface area (Å²) in [6, 6.07) is 7.14. The molecule has 0 aliphatic carbocycles. The van der Waals surface area contributed by atoms with Crippen molar-refractivity contribution in [1.82, 2.24) is 20.7 Å². The summed E-state index contributed by atoms with van der Waals surface area (Å²) in [6.45, 7) is 4.07. The number of carbonyl (C=O) groups excluding carboxylic acids is 1. The minimum absolute atomic E-state index is 0.0863. The third-order valence-electron chi connectivity index (χ3n) is 5.91. The maximum absolute atomic E-state index is 14.2. The fourth-order valence-corrected chi connectivity index (χ4v) is 4.47. The Morgan fingerprint density at radius 1 is 1.12 bits per heavy atom. The predicted octanol–water partition coefficient (Wildman–Crippen LogP) is 1.68. The summed E-state index contributed by atoms with van der Waals surface area (Å²) in [5.41, 5.74) is 7.26. The fraction of sp³-hybridized carbons (Fsp3) is 0.632. The van der Waals surface area contributed by atoms with Crippen molar-refractivity contribution in [1.29, 1.82) is 0 Å². The minimum atomic E-state index is -0.181. The molecule has 3 aliphatic rings. The van der Waals surface area contributed by atoms with E-state index < -0.39 is 0 Å². The molecule has 0 bridgehead atoms. The Kier molecular flexibility index (Phi) is 5.01. The van der Waals surface area contributed by atoms with Crippen LogP contribution >= 0.6 is 0 Å². The maximum Gasteiger partial charge on any atom is 0.236 e. The molecule has 2 N–H and O–H groups in total. The van der Waals surface area contributed by atoms with E-state index in [1.807, 2.05) is 17.0 Å². The van der Waals surface area contributed by atoms with Crippen molar-refractivity contribution in [2.75, 3.05) is 32.7 Å². The van der Waals surface area contributed by atoms with Crippen molar-refractivity contribution >= 4 is 5.91 Å². The first-order chi connectivity index (χ1) is 12.2. The van der Waals surface area contributed by atoms with Crippen molar-refractivity contribution in [3.8, 4) is 0 Å². The Morgan fingerprint density at radius 3 is 2.72 bits per heavy atom. The van der Waals surface area contributed by atoms with Gasteiger partial charge in [-0.1, -0.05) is 24.6 Å². The number of hydrogen-bond donors (Lipinski definition) is 2. The molecule has 3 unspecified atom stereocenters. The third kappa shape index (κ3) is 3.57. The van der Waals surface area contributed by atoms with Crippen molar-refractivity contribution in [2.45, 2.75) is 37.8 Å². The van der Waals surface area contributed by atoms with Gasteiger partial charge in [-0.05, 0) is 38.4 Å². The van der Waals surface area contributed by atoms with Gasteiger partial charge >= 0.3 is 0 Å². The van der Waals surface area contributed by atoms with Gasteiger partial charge in [0.2, 0.25) is 5.91 Å². The van der Waals surface area contributed by atoms with Gasteiger partial charge in [0.05, 0.1) is 12.6 Å². The molecule has 1 aromatic carbocycles. The monoisotopic (exact) mass is 346 g/mol. The SMILES string of the molecule is O=C(CN1CCCCC1)N1CCC2NNC(c3ccccc3F)C2C1. The molecular formula is C19H27FN4O. The van der Waals surface area contributed by atoms with Crippen LogP contribution in [0.4, 0.5) is 4.39 Å². The number of hydrogen-bond acceptors (Lipinski definition) is 4. The summed E-state index contributed by atoms with van der Waals surface area (Å²) in [5, 5.41) is 0. The van der Waals surface area contributed by atoms with E-state index in [1.54, 1.807) is 6.07 Å². The van der Waals surface area contributed by atoms with E-state index in [-0.39, 0.29) is 23.7 Å². The lowest BCUT2D eigenvalue weighted by Crippen LogP contribution is -2.50. The first-order valence-electron chi connectivity index (χ1n) is 9.48. The Labute approximate surface area is 148 Å². The number of carbonyl (C=O) groups is 1. The molecule has 25 heavy (non-hydrogen) atoms. The molecule has 0 aromatic heterocycles. The van der Waals surface area contributed by atoms with Gasteiger partial charge in [-0.25, -0.2) is 9.82 Å². The highest BCUT2D eigenvalue weighted by molar-refractivity contribution is 5.78. The minimum Gasteiger partial charge on any atom is -0.341 e. The molecule has 3 fully saturated rings.